The van der Waals surface area contributed by atoms with Crippen LogP contribution in [0.3, 0.4) is 0 Å². The van der Waals surface area contributed by atoms with Crippen LogP contribution >= 0.6 is 0 Å². The van der Waals surface area contributed by atoms with E-state index in [1.807, 2.05) is 0 Å². The molecule has 3 heteroatoms. The van der Waals surface area contributed by atoms with Crippen LogP contribution in [0.1, 0.15) is 0 Å². The average Bonchev–Trinajstić information content (AvgIpc) is 4.05. The number of nitrogens with zero attached hydrogens (tertiary/aromatic N) is 2. The summed E-state index contributed by atoms with van der Waals surface area (Å²) in [7, 11) is 0. The van der Waals surface area contributed by atoms with Gasteiger partial charge in [-0.1, -0.05) is 12.1 Å². The van der Waals surface area contributed by atoms with E-state index < -0.39 is 0 Å². The summed E-state index contributed by atoms with van der Waals surface area (Å²) in [5, 5.41) is 17.9. The second-order valence-electron chi connectivity index (χ2n) is 17.9. The van der Waals surface area contributed by atoms with Gasteiger partial charge in [0.2, 0.25) is 0 Å². The molecule has 0 aliphatic rings. The van der Waals surface area contributed by atoms with Gasteiger partial charge in [-0.15, -0.1) is 0 Å². The Morgan fingerprint density at radius 3 is 1.01 bits per heavy atom. The van der Waals surface area contributed by atoms with Crippen molar-refractivity contribution in [1.82, 2.24) is 9.13 Å². The third kappa shape index (κ3) is 5.16. The van der Waals surface area contributed by atoms with Crippen LogP contribution < -0.4 is 0 Å². The van der Waals surface area contributed by atoms with Crippen molar-refractivity contribution in [3.8, 4) is 33.6 Å². The zero-order valence-corrected chi connectivity index (χ0v) is 38.0. The number of rotatable bonds is 4. The van der Waals surface area contributed by atoms with E-state index in [1.165, 1.54) is 140 Å². The van der Waals surface area contributed by atoms with Gasteiger partial charge in [0.1, 0.15) is 0 Å². The Bertz CT molecular complexity index is 4360. The molecular weight excluding hydrogens is 876 g/mol. The van der Waals surface area contributed by atoms with Crippen LogP contribution in [-0.2, 0) is 0 Å². The summed E-state index contributed by atoms with van der Waals surface area (Å²) in [6.45, 7) is 0. The Labute approximate surface area is 391 Å². The van der Waals surface area contributed by atoms with Crippen LogP contribution in [0.5, 0.6) is 0 Å². The molecule has 67 heavy (non-hydrogen) atoms. The van der Waals surface area contributed by atoms with Gasteiger partial charge in [0.25, 0.3) is 0 Å². The van der Waals surface area contributed by atoms with Crippen molar-refractivity contribution in [2.45, 2.75) is 0 Å². The van der Waals surface area contributed by atoms with Crippen LogP contribution in [0.2, 0.25) is 0 Å². The van der Waals surface area contributed by atoms with Crippen molar-refractivity contribution < 1.29 is 0 Å². The van der Waals surface area contributed by atoms with Crippen molar-refractivity contribution in [2.75, 3.05) is 0 Å². The van der Waals surface area contributed by atoms with Gasteiger partial charge < -0.3 is 0 Å². The number of hydrogen-bond donors (Lipinski definition) is 0. The van der Waals surface area contributed by atoms with E-state index in [9.17, 15) is 0 Å². The number of para-hydroxylation sites is 4. The van der Waals surface area contributed by atoms with Crippen LogP contribution in [0.25, 0.3) is 140 Å². The van der Waals surface area contributed by atoms with Crippen molar-refractivity contribution in [1.29, 1.82) is 0 Å². The topological polar surface area (TPSA) is 9.86 Å². The maximum absolute atomic E-state index is 2.51. The minimum absolute atomic E-state index is 0.109. The van der Waals surface area contributed by atoms with Gasteiger partial charge in [-0.3, -0.25) is 0 Å². The van der Waals surface area contributed by atoms with Gasteiger partial charge in [0.05, 0.1) is 0 Å². The molecule has 0 amide bonds. The Kier molecular flexibility index (Phi) is 7.83. The van der Waals surface area contributed by atoms with E-state index in [2.05, 4.69) is 240 Å². The van der Waals surface area contributed by atoms with E-state index in [4.69, 9.17) is 0 Å². The molecule has 0 fully saturated rings. The monoisotopic (exact) mass is 914 g/mol. The van der Waals surface area contributed by atoms with Crippen molar-refractivity contribution >= 4 is 120 Å². The molecule has 3 heterocycles. The molecule has 0 aliphatic carbocycles. The van der Waals surface area contributed by atoms with Gasteiger partial charge in [-0.2, -0.15) is 0 Å². The van der Waals surface area contributed by atoms with E-state index in [-0.39, 0.29) is 14.5 Å². The molecule has 3 aromatic heterocycles. The summed E-state index contributed by atoms with van der Waals surface area (Å²) in [4.78, 5) is 0. The summed E-state index contributed by atoms with van der Waals surface area (Å²) >= 11 is 0.109. The molecule has 0 unspecified atom stereocenters. The SMILES string of the molecule is c1ccc2c(-n3c4ccccc4c4ccccc43)c3ccccc3c(-c3ccc4[se]c5c(-c6c7ccccc7c(-n7c8ccccc8c8ccccc87)c7ccccc67)cccc5c4c3)c2c1. The molecule has 0 N–H and O–H groups in total. The Balaban J connectivity index is 0.978. The molecule has 15 aromatic rings. The van der Waals surface area contributed by atoms with Gasteiger partial charge in [-0.25, -0.2) is 0 Å². The minimum atomic E-state index is 0.109. The van der Waals surface area contributed by atoms with Gasteiger partial charge in [0.15, 0.2) is 0 Å². The van der Waals surface area contributed by atoms with Crippen LogP contribution in [0.4, 0.5) is 0 Å². The molecule has 0 saturated carbocycles. The normalized spacial score (nSPS) is 12.2. The first-order chi connectivity index (χ1) is 33.3. The Hall–Kier alpha value is -8.20. The van der Waals surface area contributed by atoms with E-state index in [0.717, 1.165) is 0 Å². The number of aromatic nitrogens is 2. The van der Waals surface area contributed by atoms with E-state index in [0.29, 0.717) is 0 Å². The third-order valence-corrected chi connectivity index (χ3v) is 17.0. The molecule has 2 nitrogen and oxygen atoms in total. The quantitative estimate of drug-likeness (QED) is 0.123. The zero-order chi connectivity index (χ0) is 43.7. The number of benzene rings is 12. The fourth-order valence-corrected chi connectivity index (χ4v) is 14.3. The summed E-state index contributed by atoms with van der Waals surface area (Å²) in [6, 6.07) is 86.1. The first kappa shape index (κ1) is 37.1. The predicted octanol–water partition coefficient (Wildman–Crippen LogP) is 17.2. The Morgan fingerprint density at radius 1 is 0.254 bits per heavy atom. The average molecular weight is 914 g/mol. The van der Waals surface area contributed by atoms with Gasteiger partial charge in [0, 0.05) is 0 Å². The molecule has 0 aliphatic heterocycles. The zero-order valence-electron chi connectivity index (χ0n) is 36.2. The second kappa shape index (κ2) is 14.1. The molecule has 0 radical (unpaired) electrons. The third-order valence-electron chi connectivity index (χ3n) is 14.5. The van der Waals surface area contributed by atoms with Crippen LogP contribution in [0.15, 0.2) is 231 Å². The first-order valence-corrected chi connectivity index (χ1v) is 24.8. The van der Waals surface area contributed by atoms with Crippen LogP contribution in [0, 0.1) is 0 Å². The van der Waals surface area contributed by atoms with Gasteiger partial charge >= 0.3 is 382 Å². The van der Waals surface area contributed by atoms with Crippen LogP contribution in [-0.4, -0.2) is 23.6 Å². The number of hydrogen-bond acceptors (Lipinski definition) is 0. The molecule has 310 valence electrons. The summed E-state index contributed by atoms with van der Waals surface area (Å²) < 4.78 is 7.91. The first-order valence-electron chi connectivity index (χ1n) is 23.1. The molecule has 0 bridgehead atoms. The van der Waals surface area contributed by atoms with Crippen molar-refractivity contribution in [3.63, 3.8) is 0 Å². The predicted molar refractivity (Wildman–Crippen MR) is 288 cm³/mol. The Morgan fingerprint density at radius 2 is 0.597 bits per heavy atom. The van der Waals surface area contributed by atoms with E-state index >= 15 is 0 Å². The maximum atomic E-state index is 2.51. The standard InChI is InChI=1S/C64H38N2Se/c1-5-26-48-44(22-1)60(45-23-2-6-27-49(45)62(48)65-55-32-13-9-18-40(55)41-19-10-14-33-56(41)65)39-36-37-59-54(38-39)52-30-17-31-53(64(52)67-59)61-46-24-3-7-28-50(46)63(51-29-8-4-25-47(51)61)66-57-34-15-11-20-42(57)43-21-12-16-35-58(43)66/h1-38H. The van der Waals surface area contributed by atoms with Crippen molar-refractivity contribution in [3.05, 3.63) is 231 Å². The molecule has 0 atom stereocenters. The van der Waals surface area contributed by atoms with Crippen molar-refractivity contribution in [2.24, 2.45) is 0 Å². The fraction of sp³-hybridized carbons (Fsp3) is 0. The molecule has 0 spiro atoms. The van der Waals surface area contributed by atoms with E-state index in [1.54, 1.807) is 0 Å². The molecular formula is C64H38N2Se. The molecule has 0 saturated heterocycles. The fourth-order valence-electron chi connectivity index (χ4n) is 11.8. The summed E-state index contributed by atoms with van der Waals surface area (Å²) in [6.07, 6.45) is 0. The summed E-state index contributed by atoms with van der Waals surface area (Å²) in [5.41, 5.74) is 12.6. The second-order valence-corrected chi connectivity index (χ2v) is 20.1. The summed E-state index contributed by atoms with van der Waals surface area (Å²) in [5.74, 6) is 0. The molecule has 12 aromatic carbocycles. The van der Waals surface area contributed by atoms with Gasteiger partial charge in [-0.05, 0) is 0 Å². The number of fused-ring (bicyclic) bond motifs is 13. The molecule has 15 rings (SSSR count).